The van der Waals surface area contributed by atoms with Crippen LogP contribution in [0.25, 0.3) is 0 Å². The number of carbonyl (C=O) groups excluding carboxylic acids is 2. The van der Waals surface area contributed by atoms with Crippen LogP contribution in [0.5, 0.6) is 0 Å². The van der Waals surface area contributed by atoms with Gasteiger partial charge < -0.3 is 10.1 Å². The van der Waals surface area contributed by atoms with Crippen LogP contribution in [0.2, 0.25) is 5.02 Å². The molecule has 4 aliphatic carbocycles. The molecule has 0 spiro atoms. The average molecular weight is 545 g/mol. The predicted molar refractivity (Wildman–Crippen MR) is 142 cm³/mol. The summed E-state index contributed by atoms with van der Waals surface area (Å²) in [4.78, 5) is 25.2. The van der Waals surface area contributed by atoms with Crippen LogP contribution in [0.15, 0.2) is 53.4 Å². The lowest BCUT2D eigenvalue weighted by atomic mass is 9.48. The SMILES string of the molecule is C[C@H](NS(=O)(=O)c1cccc(C(=O)O[C@H](C)C(=O)Nc2ccc(Cl)cc2)c1)C12CC3CC(CC(C3)C1)C2. The fourth-order valence-electron chi connectivity index (χ4n) is 6.98. The highest BCUT2D eigenvalue weighted by Gasteiger charge is 2.53. The Balaban J connectivity index is 1.23. The Kier molecular flexibility index (Phi) is 7.11. The lowest BCUT2D eigenvalue weighted by molar-refractivity contribution is -0.123. The molecule has 2 aromatic carbocycles. The molecule has 2 atom stereocenters. The summed E-state index contributed by atoms with van der Waals surface area (Å²) in [5.41, 5.74) is 0.603. The molecule has 7 nitrogen and oxygen atoms in total. The fourth-order valence-corrected chi connectivity index (χ4v) is 8.50. The molecule has 1 amide bonds. The Morgan fingerprint density at radius 3 is 2.16 bits per heavy atom. The van der Waals surface area contributed by atoms with Gasteiger partial charge in [0.05, 0.1) is 10.5 Å². The maximum atomic E-state index is 13.3. The van der Waals surface area contributed by atoms with E-state index in [1.807, 2.05) is 6.92 Å². The van der Waals surface area contributed by atoms with E-state index in [1.165, 1.54) is 50.5 Å². The van der Waals surface area contributed by atoms with E-state index < -0.39 is 28.0 Å². The summed E-state index contributed by atoms with van der Waals surface area (Å²) in [6.45, 7) is 3.45. The quantitative estimate of drug-likeness (QED) is 0.433. The summed E-state index contributed by atoms with van der Waals surface area (Å²) in [5, 5.41) is 3.19. The first-order valence-corrected chi connectivity index (χ1v) is 14.8. The molecular weight excluding hydrogens is 512 g/mol. The summed E-state index contributed by atoms with van der Waals surface area (Å²) in [6, 6.07) is 12.1. The molecule has 0 saturated heterocycles. The molecule has 0 unspecified atom stereocenters. The number of rotatable bonds is 8. The number of carbonyl (C=O) groups is 2. The number of hydrogen-bond acceptors (Lipinski definition) is 5. The van der Waals surface area contributed by atoms with Crippen molar-refractivity contribution in [1.82, 2.24) is 4.72 Å². The van der Waals surface area contributed by atoms with Gasteiger partial charge in [-0.2, -0.15) is 0 Å². The largest absolute Gasteiger partial charge is 0.449 e. The van der Waals surface area contributed by atoms with Gasteiger partial charge in [-0.25, -0.2) is 17.9 Å². The molecule has 0 aromatic heterocycles. The van der Waals surface area contributed by atoms with Crippen LogP contribution in [0.1, 0.15) is 62.7 Å². The van der Waals surface area contributed by atoms with Gasteiger partial charge in [-0.15, -0.1) is 0 Å². The lowest BCUT2D eigenvalue weighted by Gasteiger charge is -2.59. The van der Waals surface area contributed by atoms with Crippen LogP contribution in [0.4, 0.5) is 5.69 Å². The Morgan fingerprint density at radius 1 is 0.973 bits per heavy atom. The van der Waals surface area contributed by atoms with Gasteiger partial charge in [0.2, 0.25) is 10.0 Å². The maximum Gasteiger partial charge on any atom is 0.338 e. The molecule has 4 bridgehead atoms. The van der Waals surface area contributed by atoms with Crippen molar-refractivity contribution in [2.45, 2.75) is 69.4 Å². The maximum absolute atomic E-state index is 13.3. The normalized spacial score (nSPS) is 27.9. The predicted octanol–water partition coefficient (Wildman–Crippen LogP) is 5.41. The lowest BCUT2D eigenvalue weighted by Crippen LogP contribution is -2.55. The van der Waals surface area contributed by atoms with Crippen molar-refractivity contribution in [3.63, 3.8) is 0 Å². The van der Waals surface area contributed by atoms with Crippen molar-refractivity contribution in [3.05, 3.63) is 59.1 Å². The van der Waals surface area contributed by atoms with E-state index in [4.69, 9.17) is 16.3 Å². The van der Waals surface area contributed by atoms with Crippen molar-refractivity contribution in [2.24, 2.45) is 23.2 Å². The van der Waals surface area contributed by atoms with E-state index in [-0.39, 0.29) is 21.9 Å². The molecule has 0 aliphatic heterocycles. The zero-order valence-corrected chi connectivity index (χ0v) is 22.6. The topological polar surface area (TPSA) is 102 Å². The summed E-state index contributed by atoms with van der Waals surface area (Å²) in [6.07, 6.45) is 6.05. The van der Waals surface area contributed by atoms with Crippen molar-refractivity contribution in [3.8, 4) is 0 Å². The molecule has 4 aliphatic rings. The van der Waals surface area contributed by atoms with Crippen molar-refractivity contribution in [2.75, 3.05) is 5.32 Å². The van der Waals surface area contributed by atoms with Gasteiger partial charge in [0.1, 0.15) is 0 Å². The van der Waals surface area contributed by atoms with Crippen molar-refractivity contribution in [1.29, 1.82) is 0 Å². The molecule has 6 rings (SSSR count). The van der Waals surface area contributed by atoms with Crippen LogP contribution in [-0.4, -0.2) is 32.4 Å². The monoisotopic (exact) mass is 544 g/mol. The van der Waals surface area contributed by atoms with E-state index in [0.717, 1.165) is 37.0 Å². The minimum Gasteiger partial charge on any atom is -0.449 e. The van der Waals surface area contributed by atoms with Crippen molar-refractivity contribution < 1.29 is 22.7 Å². The zero-order valence-electron chi connectivity index (χ0n) is 21.1. The first kappa shape index (κ1) is 26.2. The molecule has 0 heterocycles. The Bertz CT molecular complexity index is 1260. The number of anilines is 1. The van der Waals surface area contributed by atoms with Gasteiger partial charge in [0.25, 0.3) is 5.91 Å². The number of benzene rings is 2. The van der Waals surface area contributed by atoms with E-state index >= 15 is 0 Å². The highest BCUT2D eigenvalue weighted by atomic mass is 35.5. The molecule has 4 saturated carbocycles. The van der Waals surface area contributed by atoms with Gasteiger partial charge in [0.15, 0.2) is 6.10 Å². The first-order chi connectivity index (χ1) is 17.5. The Hall–Kier alpha value is -2.42. The number of halogens is 1. The minimum absolute atomic E-state index is 0.0109. The molecular formula is C28H33ClN2O5S. The number of esters is 1. The van der Waals surface area contributed by atoms with Gasteiger partial charge in [-0.05, 0) is 118 Å². The second-order valence-electron chi connectivity index (χ2n) is 11.2. The average Bonchev–Trinajstić information content (AvgIpc) is 2.84. The summed E-state index contributed by atoms with van der Waals surface area (Å²) >= 11 is 5.86. The Labute approximate surface area is 223 Å². The number of ether oxygens (including phenoxy) is 1. The van der Waals surface area contributed by atoms with Gasteiger partial charge in [-0.1, -0.05) is 17.7 Å². The Morgan fingerprint density at radius 2 is 1.57 bits per heavy atom. The molecule has 9 heteroatoms. The molecule has 2 N–H and O–H groups in total. The third kappa shape index (κ3) is 5.56. The van der Waals surface area contributed by atoms with E-state index in [1.54, 1.807) is 24.3 Å². The standard InChI is InChI=1S/C28H33ClN2O5S/c1-17(26(32)30-24-8-6-23(29)7-9-24)36-27(33)22-4-3-5-25(13-22)37(34,35)31-18(2)28-14-19-10-20(15-28)12-21(11-19)16-28/h3-9,13,17-21,31H,10-12,14-16H2,1-2H3,(H,30,32)/t17-,18+,19?,20?,21?,28?/m1/s1. The number of hydrogen-bond donors (Lipinski definition) is 2. The van der Waals surface area contributed by atoms with E-state index in [0.29, 0.717) is 10.7 Å². The van der Waals surface area contributed by atoms with Gasteiger partial charge in [0, 0.05) is 16.8 Å². The molecule has 4 fully saturated rings. The smallest absolute Gasteiger partial charge is 0.338 e. The fraction of sp³-hybridized carbons (Fsp3) is 0.500. The second-order valence-corrected chi connectivity index (χ2v) is 13.3. The second kappa shape index (κ2) is 10.0. The number of amides is 1. The molecule has 2 aromatic rings. The highest BCUT2D eigenvalue weighted by molar-refractivity contribution is 7.89. The molecule has 0 radical (unpaired) electrons. The van der Waals surface area contributed by atoms with Crippen molar-refractivity contribution >= 4 is 39.2 Å². The first-order valence-electron chi connectivity index (χ1n) is 12.9. The van der Waals surface area contributed by atoms with Gasteiger partial charge in [-0.3, -0.25) is 4.79 Å². The van der Waals surface area contributed by atoms with E-state index in [2.05, 4.69) is 10.0 Å². The number of sulfonamides is 1. The van der Waals surface area contributed by atoms with Crippen LogP contribution < -0.4 is 10.0 Å². The van der Waals surface area contributed by atoms with Crippen LogP contribution in [-0.2, 0) is 19.6 Å². The zero-order chi connectivity index (χ0) is 26.4. The van der Waals surface area contributed by atoms with Gasteiger partial charge >= 0.3 is 5.97 Å². The molecule has 37 heavy (non-hydrogen) atoms. The van der Waals surface area contributed by atoms with Crippen LogP contribution >= 0.6 is 11.6 Å². The van der Waals surface area contributed by atoms with E-state index in [9.17, 15) is 18.0 Å². The number of nitrogens with one attached hydrogen (secondary N) is 2. The van der Waals surface area contributed by atoms with Crippen LogP contribution in [0.3, 0.4) is 0 Å². The molecule has 198 valence electrons. The summed E-state index contributed by atoms with van der Waals surface area (Å²) in [7, 11) is -3.85. The third-order valence-electron chi connectivity index (χ3n) is 8.48. The minimum atomic E-state index is -3.85. The highest BCUT2D eigenvalue weighted by Crippen LogP contribution is 2.61. The summed E-state index contributed by atoms with van der Waals surface area (Å²) < 4.78 is 34.9. The third-order valence-corrected chi connectivity index (χ3v) is 10.3. The van der Waals surface area contributed by atoms with Crippen LogP contribution in [0, 0.1) is 23.2 Å². The summed E-state index contributed by atoms with van der Waals surface area (Å²) in [5.74, 6) is 0.871.